The van der Waals surface area contributed by atoms with Crippen molar-refractivity contribution < 1.29 is 4.74 Å². The van der Waals surface area contributed by atoms with Crippen LogP contribution < -0.4 is 15.4 Å². The molecule has 21 heavy (non-hydrogen) atoms. The van der Waals surface area contributed by atoms with Crippen molar-refractivity contribution in [2.24, 2.45) is 10.7 Å². The molecule has 0 spiro atoms. The summed E-state index contributed by atoms with van der Waals surface area (Å²) in [6.45, 7) is 0.627. The minimum absolute atomic E-state index is 0.0706. The Morgan fingerprint density at radius 3 is 2.71 bits per heavy atom. The molecule has 1 aliphatic heterocycles. The molecule has 1 heterocycles. The van der Waals surface area contributed by atoms with E-state index in [0.29, 0.717) is 17.5 Å². The van der Waals surface area contributed by atoms with Crippen molar-refractivity contribution in [2.75, 3.05) is 18.6 Å². The van der Waals surface area contributed by atoms with E-state index in [0.717, 1.165) is 17.0 Å². The number of nitrogens with zero attached hydrogens (tertiary/aromatic N) is 2. The Kier molecular flexibility index (Phi) is 3.71. The molecule has 4 nitrogen and oxygen atoms in total. The Bertz CT molecular complexity index is 669. The van der Waals surface area contributed by atoms with Gasteiger partial charge in [-0.05, 0) is 42.0 Å². The Morgan fingerprint density at radius 1 is 1.24 bits per heavy atom. The highest BCUT2D eigenvalue weighted by Crippen LogP contribution is 2.32. The van der Waals surface area contributed by atoms with Gasteiger partial charge in [-0.2, -0.15) is 0 Å². The van der Waals surface area contributed by atoms with Gasteiger partial charge in [0.25, 0.3) is 0 Å². The summed E-state index contributed by atoms with van der Waals surface area (Å²) in [7, 11) is 1.66. The van der Waals surface area contributed by atoms with Crippen LogP contribution in [-0.4, -0.2) is 19.6 Å². The van der Waals surface area contributed by atoms with E-state index >= 15 is 0 Å². The number of nitrogens with two attached hydrogens (primary N) is 1. The molecule has 5 heteroatoms. The van der Waals surface area contributed by atoms with Crippen LogP contribution >= 0.6 is 11.6 Å². The van der Waals surface area contributed by atoms with Gasteiger partial charge in [0.05, 0.1) is 19.7 Å². The van der Waals surface area contributed by atoms with Gasteiger partial charge >= 0.3 is 0 Å². The van der Waals surface area contributed by atoms with E-state index in [4.69, 9.17) is 22.1 Å². The van der Waals surface area contributed by atoms with Crippen molar-refractivity contribution in [1.29, 1.82) is 0 Å². The molecule has 0 bridgehead atoms. The third-order valence-electron chi connectivity index (χ3n) is 3.57. The molecule has 2 aromatic rings. The maximum absolute atomic E-state index is 6.06. The zero-order chi connectivity index (χ0) is 14.8. The van der Waals surface area contributed by atoms with Crippen LogP contribution in [-0.2, 0) is 0 Å². The summed E-state index contributed by atoms with van der Waals surface area (Å²) in [5, 5.41) is 0.700. The number of anilines is 1. The number of guanidine groups is 1. The highest BCUT2D eigenvalue weighted by molar-refractivity contribution is 6.30. The van der Waals surface area contributed by atoms with Crippen LogP contribution in [0.3, 0.4) is 0 Å². The number of rotatable bonds is 3. The van der Waals surface area contributed by atoms with Gasteiger partial charge in [0.1, 0.15) is 5.75 Å². The molecule has 0 amide bonds. The van der Waals surface area contributed by atoms with Gasteiger partial charge in [-0.3, -0.25) is 4.99 Å². The second-order valence-corrected chi connectivity index (χ2v) is 5.27. The normalized spacial score (nSPS) is 17.7. The van der Waals surface area contributed by atoms with Gasteiger partial charge in [0, 0.05) is 10.7 Å². The third kappa shape index (κ3) is 2.67. The second kappa shape index (κ2) is 5.66. The molecule has 2 aromatic carbocycles. The molecule has 108 valence electrons. The Hall–Kier alpha value is -2.20. The molecule has 0 saturated heterocycles. The number of halogens is 1. The first-order chi connectivity index (χ1) is 10.2. The number of hydrogen-bond donors (Lipinski definition) is 1. The summed E-state index contributed by atoms with van der Waals surface area (Å²) in [5.74, 6) is 1.35. The van der Waals surface area contributed by atoms with Gasteiger partial charge in [-0.25, -0.2) is 0 Å². The number of benzene rings is 2. The fourth-order valence-electron chi connectivity index (χ4n) is 2.51. The van der Waals surface area contributed by atoms with Crippen LogP contribution in [0.25, 0.3) is 0 Å². The highest BCUT2D eigenvalue weighted by atomic mass is 35.5. The van der Waals surface area contributed by atoms with E-state index in [-0.39, 0.29) is 6.04 Å². The largest absolute Gasteiger partial charge is 0.497 e. The van der Waals surface area contributed by atoms with Crippen LogP contribution in [0.1, 0.15) is 11.6 Å². The van der Waals surface area contributed by atoms with E-state index in [1.165, 1.54) is 0 Å². The second-order valence-electron chi connectivity index (χ2n) is 4.84. The lowest BCUT2D eigenvalue weighted by atomic mass is 10.1. The summed E-state index contributed by atoms with van der Waals surface area (Å²) < 4.78 is 5.29. The molecule has 3 rings (SSSR count). The van der Waals surface area contributed by atoms with Gasteiger partial charge in [0.15, 0.2) is 5.96 Å². The first-order valence-electron chi connectivity index (χ1n) is 6.67. The monoisotopic (exact) mass is 301 g/mol. The summed E-state index contributed by atoms with van der Waals surface area (Å²) in [5.41, 5.74) is 8.16. The van der Waals surface area contributed by atoms with Gasteiger partial charge in [-0.1, -0.05) is 23.7 Å². The average molecular weight is 302 g/mol. The fourth-order valence-corrected chi connectivity index (χ4v) is 2.64. The smallest absolute Gasteiger partial charge is 0.196 e. The fraction of sp³-hybridized carbons (Fsp3) is 0.188. The molecule has 0 radical (unpaired) electrons. The minimum Gasteiger partial charge on any atom is -0.497 e. The predicted molar refractivity (Wildman–Crippen MR) is 86.2 cm³/mol. The predicted octanol–water partition coefficient (Wildman–Crippen LogP) is 3.22. The van der Waals surface area contributed by atoms with Gasteiger partial charge < -0.3 is 15.4 Å². The first-order valence-corrected chi connectivity index (χ1v) is 7.05. The summed E-state index contributed by atoms with van der Waals surface area (Å²) in [6.07, 6.45) is 0. The van der Waals surface area contributed by atoms with Gasteiger partial charge in [0.2, 0.25) is 0 Å². The first kappa shape index (κ1) is 13.8. The maximum Gasteiger partial charge on any atom is 0.196 e. The topological polar surface area (TPSA) is 50.9 Å². The molecule has 0 aromatic heterocycles. The van der Waals surface area contributed by atoms with Crippen molar-refractivity contribution in [3.05, 3.63) is 59.1 Å². The SMILES string of the molecule is COc1cccc(C2CN=C(N)N2c2ccc(Cl)cc2)c1. The molecule has 0 saturated carbocycles. The van der Waals surface area contributed by atoms with Crippen LogP contribution in [0.15, 0.2) is 53.5 Å². The van der Waals surface area contributed by atoms with Crippen molar-refractivity contribution in [3.63, 3.8) is 0 Å². The number of aliphatic imine (C=N–C) groups is 1. The van der Waals surface area contributed by atoms with Crippen molar-refractivity contribution in [2.45, 2.75) is 6.04 Å². The summed E-state index contributed by atoms with van der Waals surface area (Å²) in [6, 6.07) is 15.6. The van der Waals surface area contributed by atoms with Crippen LogP contribution in [0, 0.1) is 0 Å². The molecule has 1 unspecified atom stereocenters. The Morgan fingerprint density at radius 2 is 2.00 bits per heavy atom. The van der Waals surface area contributed by atoms with Gasteiger partial charge in [-0.15, -0.1) is 0 Å². The van der Waals surface area contributed by atoms with Crippen LogP contribution in [0.5, 0.6) is 5.75 Å². The lowest BCUT2D eigenvalue weighted by Crippen LogP contribution is -2.36. The zero-order valence-electron chi connectivity index (χ0n) is 11.7. The summed E-state index contributed by atoms with van der Waals surface area (Å²) in [4.78, 5) is 6.40. The molecule has 0 fully saturated rings. The standard InChI is InChI=1S/C16H16ClN3O/c1-21-14-4-2-3-11(9-14)15-10-19-16(18)20(15)13-7-5-12(17)6-8-13/h2-9,15H,10H2,1H3,(H2,18,19). The quantitative estimate of drug-likeness (QED) is 0.947. The van der Waals surface area contributed by atoms with Crippen molar-refractivity contribution >= 4 is 23.2 Å². The van der Waals surface area contributed by atoms with Crippen molar-refractivity contribution in [1.82, 2.24) is 0 Å². The van der Waals surface area contributed by atoms with E-state index in [1.807, 2.05) is 47.4 Å². The average Bonchev–Trinajstić information content (AvgIpc) is 2.90. The van der Waals surface area contributed by atoms with Crippen LogP contribution in [0.2, 0.25) is 5.02 Å². The summed E-state index contributed by atoms with van der Waals surface area (Å²) >= 11 is 5.95. The molecular formula is C16H16ClN3O. The number of ether oxygens (including phenoxy) is 1. The number of hydrogen-bond acceptors (Lipinski definition) is 4. The highest BCUT2D eigenvalue weighted by Gasteiger charge is 2.28. The Balaban J connectivity index is 1.96. The third-order valence-corrected chi connectivity index (χ3v) is 3.82. The molecular weight excluding hydrogens is 286 g/mol. The van der Waals surface area contributed by atoms with E-state index < -0.39 is 0 Å². The maximum atomic E-state index is 6.06. The Labute approximate surface area is 128 Å². The van der Waals surface area contributed by atoms with Crippen LogP contribution in [0.4, 0.5) is 5.69 Å². The zero-order valence-corrected chi connectivity index (χ0v) is 12.4. The molecule has 0 aliphatic carbocycles. The molecule has 2 N–H and O–H groups in total. The lowest BCUT2D eigenvalue weighted by molar-refractivity contribution is 0.414. The minimum atomic E-state index is 0.0706. The van der Waals surface area contributed by atoms with E-state index in [2.05, 4.69) is 11.1 Å². The van der Waals surface area contributed by atoms with E-state index in [1.54, 1.807) is 7.11 Å². The van der Waals surface area contributed by atoms with Crippen molar-refractivity contribution in [3.8, 4) is 5.75 Å². The lowest BCUT2D eigenvalue weighted by Gasteiger charge is -2.27. The van der Waals surface area contributed by atoms with E-state index in [9.17, 15) is 0 Å². The molecule has 1 atom stereocenters. The molecule has 1 aliphatic rings. The number of methoxy groups -OCH3 is 1.